The molecule has 0 unspecified atom stereocenters. The molecule has 4 heterocycles. The summed E-state index contributed by atoms with van der Waals surface area (Å²) in [4.78, 5) is 2.31. The van der Waals surface area contributed by atoms with Gasteiger partial charge in [0.15, 0.2) is 0 Å². The van der Waals surface area contributed by atoms with Crippen LogP contribution in [0.25, 0.3) is 104 Å². The Kier molecular flexibility index (Phi) is 6.41. The van der Waals surface area contributed by atoms with Crippen LogP contribution in [-0.4, -0.2) is 4.40 Å². The molecule has 0 amide bonds. The van der Waals surface area contributed by atoms with Crippen LogP contribution < -0.4 is 4.90 Å². The monoisotopic (exact) mass is 740 g/mol. The molecule has 13 aromatic rings. The molecular formula is C54H32N2O2. The zero-order valence-corrected chi connectivity index (χ0v) is 31.2. The quantitative estimate of drug-likeness (QED) is 0.176. The molecule has 4 nitrogen and oxygen atoms in total. The second-order valence-corrected chi connectivity index (χ2v) is 15.3. The Hall–Kier alpha value is -7.82. The van der Waals surface area contributed by atoms with E-state index in [2.05, 4.69) is 191 Å². The molecule has 0 aliphatic rings. The molecule has 58 heavy (non-hydrogen) atoms. The average Bonchev–Trinajstić information content (AvgIpc) is 4.03. The summed E-state index contributed by atoms with van der Waals surface area (Å²) >= 11 is 0. The van der Waals surface area contributed by atoms with Crippen molar-refractivity contribution in [3.8, 4) is 22.3 Å². The molecular weight excluding hydrogens is 709 g/mol. The summed E-state index contributed by atoms with van der Waals surface area (Å²) in [5.74, 6) is 0. The molecule has 0 spiro atoms. The number of hydrogen-bond donors (Lipinski definition) is 0. The third kappa shape index (κ3) is 4.45. The number of nitrogens with zero attached hydrogens (tertiary/aromatic N) is 2. The van der Waals surface area contributed by atoms with Gasteiger partial charge in [-0.1, -0.05) is 121 Å². The third-order valence-corrected chi connectivity index (χ3v) is 12.1. The summed E-state index contributed by atoms with van der Waals surface area (Å²) < 4.78 is 15.5. The molecule has 0 radical (unpaired) electrons. The van der Waals surface area contributed by atoms with E-state index in [9.17, 15) is 0 Å². The van der Waals surface area contributed by atoms with Gasteiger partial charge in [0.2, 0.25) is 0 Å². The van der Waals surface area contributed by atoms with E-state index in [4.69, 9.17) is 8.83 Å². The van der Waals surface area contributed by atoms with E-state index in [0.29, 0.717) is 0 Å². The highest BCUT2D eigenvalue weighted by Crippen LogP contribution is 2.45. The molecule has 0 saturated heterocycles. The van der Waals surface area contributed by atoms with Crippen molar-refractivity contribution in [1.82, 2.24) is 4.40 Å². The van der Waals surface area contributed by atoms with Crippen LogP contribution in [0.3, 0.4) is 0 Å². The Bertz CT molecular complexity index is 3740. The van der Waals surface area contributed by atoms with Gasteiger partial charge in [0.05, 0.1) is 16.6 Å². The summed E-state index contributed by atoms with van der Waals surface area (Å²) in [5, 5.41) is 9.48. The smallest absolute Gasteiger partial charge is 0.137 e. The maximum absolute atomic E-state index is 6.82. The van der Waals surface area contributed by atoms with Gasteiger partial charge in [0, 0.05) is 71.8 Å². The average molecular weight is 741 g/mol. The highest BCUT2D eigenvalue weighted by molar-refractivity contribution is 6.25. The van der Waals surface area contributed by atoms with Gasteiger partial charge in [-0.25, -0.2) is 0 Å². The number of rotatable bonds is 5. The number of fused-ring (bicyclic) bond motifs is 12. The first-order valence-electron chi connectivity index (χ1n) is 19.7. The molecule has 4 aromatic heterocycles. The number of benzene rings is 9. The highest BCUT2D eigenvalue weighted by Gasteiger charge is 2.21. The molecule has 4 heteroatoms. The topological polar surface area (TPSA) is 33.9 Å². The van der Waals surface area contributed by atoms with Gasteiger partial charge in [-0.3, -0.25) is 0 Å². The second-order valence-electron chi connectivity index (χ2n) is 15.3. The predicted octanol–water partition coefficient (Wildman–Crippen LogP) is 15.4. The second kappa shape index (κ2) is 11.8. The Morgan fingerprint density at radius 2 is 0.862 bits per heavy atom. The maximum Gasteiger partial charge on any atom is 0.137 e. The van der Waals surface area contributed by atoms with E-state index in [1.54, 1.807) is 0 Å². The van der Waals surface area contributed by atoms with Crippen LogP contribution in [0.15, 0.2) is 203 Å². The van der Waals surface area contributed by atoms with Crippen molar-refractivity contribution in [3.63, 3.8) is 0 Å². The SMILES string of the molecule is c1ccc(-c2ccc(N(c3ccc4c(c3)oc3cc(-c5cccc6c7cccc8c9ccccc9n(c56)c87)ccc34)c3ccc4oc5ccccc5c4c3)cc2)cc1. The lowest BCUT2D eigenvalue weighted by Gasteiger charge is -2.25. The number of para-hydroxylation sites is 4. The van der Waals surface area contributed by atoms with Crippen molar-refractivity contribution in [1.29, 1.82) is 0 Å². The lowest BCUT2D eigenvalue weighted by Crippen LogP contribution is -2.09. The maximum atomic E-state index is 6.82. The highest BCUT2D eigenvalue weighted by atomic mass is 16.3. The van der Waals surface area contributed by atoms with Gasteiger partial charge in [-0.2, -0.15) is 0 Å². The minimum Gasteiger partial charge on any atom is -0.456 e. The fraction of sp³-hybridized carbons (Fsp3) is 0. The summed E-state index contributed by atoms with van der Waals surface area (Å²) in [7, 11) is 0. The Balaban J connectivity index is 0.971. The largest absolute Gasteiger partial charge is 0.456 e. The van der Waals surface area contributed by atoms with Gasteiger partial charge in [0.25, 0.3) is 0 Å². The van der Waals surface area contributed by atoms with Crippen molar-refractivity contribution < 1.29 is 8.83 Å². The van der Waals surface area contributed by atoms with Crippen molar-refractivity contribution in [2.75, 3.05) is 4.90 Å². The van der Waals surface area contributed by atoms with E-state index in [1.807, 2.05) is 12.1 Å². The Morgan fingerprint density at radius 3 is 1.72 bits per heavy atom. The number of furan rings is 2. The number of hydrogen-bond acceptors (Lipinski definition) is 3. The first-order chi connectivity index (χ1) is 28.7. The lowest BCUT2D eigenvalue weighted by molar-refractivity contribution is 0.668. The van der Waals surface area contributed by atoms with E-state index >= 15 is 0 Å². The van der Waals surface area contributed by atoms with Gasteiger partial charge in [-0.15, -0.1) is 0 Å². The molecule has 270 valence electrons. The molecule has 9 aromatic carbocycles. The van der Waals surface area contributed by atoms with Crippen LogP contribution in [-0.2, 0) is 0 Å². The molecule has 0 fully saturated rings. The summed E-state index contributed by atoms with van der Waals surface area (Å²) in [6, 6.07) is 69.4. The summed E-state index contributed by atoms with van der Waals surface area (Å²) in [5.41, 5.74) is 15.0. The molecule has 0 saturated carbocycles. The van der Waals surface area contributed by atoms with Crippen molar-refractivity contribution >= 4 is 99.0 Å². The standard InChI is InChI=1S/C54H32N2O2/c1-2-10-33(11-3-1)34-20-23-36(24-21-34)55(37-26-29-50-47(31-37)41-13-5-7-19-49(41)57-50)38-25-28-43-42-27-22-35(30-51(42)58-52(43)32-38)39-14-8-16-45-46-17-9-15-44-40-12-4-6-18-48(40)56(53(39)45)54(44)46/h1-32H. The van der Waals surface area contributed by atoms with E-state index < -0.39 is 0 Å². The Labute approximate surface area is 332 Å². The van der Waals surface area contributed by atoms with Gasteiger partial charge >= 0.3 is 0 Å². The Morgan fingerprint density at radius 1 is 0.310 bits per heavy atom. The minimum absolute atomic E-state index is 0.842. The van der Waals surface area contributed by atoms with Crippen molar-refractivity contribution in [2.24, 2.45) is 0 Å². The van der Waals surface area contributed by atoms with Crippen LogP contribution in [0, 0.1) is 0 Å². The van der Waals surface area contributed by atoms with E-state index in [0.717, 1.165) is 66.5 Å². The minimum atomic E-state index is 0.842. The van der Waals surface area contributed by atoms with Crippen LogP contribution in [0.4, 0.5) is 17.1 Å². The van der Waals surface area contributed by atoms with Gasteiger partial charge in [-0.05, 0) is 83.4 Å². The molecule has 0 atom stereocenters. The third-order valence-electron chi connectivity index (χ3n) is 12.1. The van der Waals surface area contributed by atoms with Crippen LogP contribution >= 0.6 is 0 Å². The first kappa shape index (κ1) is 31.4. The zero-order valence-electron chi connectivity index (χ0n) is 31.2. The van der Waals surface area contributed by atoms with E-state index in [1.165, 1.54) is 54.8 Å². The number of anilines is 3. The fourth-order valence-electron chi connectivity index (χ4n) is 9.51. The van der Waals surface area contributed by atoms with E-state index in [-0.39, 0.29) is 0 Å². The summed E-state index contributed by atoms with van der Waals surface area (Å²) in [6.45, 7) is 0. The summed E-state index contributed by atoms with van der Waals surface area (Å²) in [6.07, 6.45) is 0. The predicted molar refractivity (Wildman–Crippen MR) is 241 cm³/mol. The number of aromatic nitrogens is 1. The van der Waals surface area contributed by atoms with Crippen molar-refractivity contribution in [3.05, 3.63) is 194 Å². The van der Waals surface area contributed by atoms with Crippen molar-refractivity contribution in [2.45, 2.75) is 0 Å². The molecule has 0 aliphatic heterocycles. The first-order valence-corrected chi connectivity index (χ1v) is 19.7. The lowest BCUT2D eigenvalue weighted by atomic mass is 10.00. The molecule has 0 N–H and O–H groups in total. The van der Waals surface area contributed by atoms with Crippen LogP contribution in [0.1, 0.15) is 0 Å². The van der Waals surface area contributed by atoms with Crippen LogP contribution in [0.5, 0.6) is 0 Å². The molecule has 0 bridgehead atoms. The zero-order chi connectivity index (χ0) is 37.9. The van der Waals surface area contributed by atoms with Gasteiger partial charge in [0.1, 0.15) is 22.3 Å². The van der Waals surface area contributed by atoms with Gasteiger partial charge < -0.3 is 18.1 Å². The molecule has 0 aliphatic carbocycles. The van der Waals surface area contributed by atoms with Crippen LogP contribution in [0.2, 0.25) is 0 Å². The fourth-order valence-corrected chi connectivity index (χ4v) is 9.51. The normalized spacial score (nSPS) is 12.1. The molecule has 13 rings (SSSR count).